The predicted octanol–water partition coefficient (Wildman–Crippen LogP) is 2.85. The molecule has 1 aliphatic heterocycles. The number of aryl methyl sites for hydroxylation is 3. The van der Waals surface area contributed by atoms with Crippen LogP contribution < -0.4 is 10.3 Å². The van der Waals surface area contributed by atoms with Crippen molar-refractivity contribution < 1.29 is 14.0 Å². The summed E-state index contributed by atoms with van der Waals surface area (Å²) >= 11 is 0. The van der Waals surface area contributed by atoms with Crippen LogP contribution in [0.15, 0.2) is 41.5 Å². The second-order valence-corrected chi connectivity index (χ2v) is 7.30. The number of hydrazone groups is 1. The summed E-state index contributed by atoms with van der Waals surface area (Å²) in [4.78, 5) is 25.3. The lowest BCUT2D eigenvalue weighted by Crippen LogP contribution is -2.36. The quantitative estimate of drug-likeness (QED) is 0.697. The molecule has 1 aliphatic rings. The Morgan fingerprint density at radius 1 is 1.06 bits per heavy atom. The maximum Gasteiger partial charge on any atom is 0.271 e. The van der Waals surface area contributed by atoms with Crippen LogP contribution in [-0.2, 0) is 9.59 Å². The number of aromatic nitrogens is 4. The van der Waals surface area contributed by atoms with Gasteiger partial charge >= 0.3 is 0 Å². The number of halogens is 1. The second-order valence-electron chi connectivity index (χ2n) is 7.30. The number of carbonyl (C=O) groups is 2. The molecular formula is C21H20FN7O2. The Kier molecular flexibility index (Phi) is 5.28. The molecule has 9 nitrogen and oxygen atoms in total. The molecule has 1 N–H and O–H groups in total. The highest BCUT2D eigenvalue weighted by Gasteiger charge is 2.27. The van der Waals surface area contributed by atoms with Crippen molar-refractivity contribution in [3.05, 3.63) is 59.2 Å². The number of rotatable bonds is 4. The van der Waals surface area contributed by atoms with Gasteiger partial charge in [-0.05, 0) is 66.6 Å². The van der Waals surface area contributed by atoms with Gasteiger partial charge in [0, 0.05) is 18.5 Å². The molecule has 1 aromatic heterocycles. The summed E-state index contributed by atoms with van der Waals surface area (Å²) in [5, 5.41) is 19.3. The normalized spacial score (nSPS) is 13.9. The van der Waals surface area contributed by atoms with E-state index in [9.17, 15) is 14.0 Å². The van der Waals surface area contributed by atoms with E-state index in [0.717, 1.165) is 11.1 Å². The van der Waals surface area contributed by atoms with Crippen LogP contribution >= 0.6 is 0 Å². The third-order valence-corrected chi connectivity index (χ3v) is 4.95. The molecule has 0 saturated heterocycles. The minimum Gasteiger partial charge on any atom is -0.321 e. The zero-order chi connectivity index (χ0) is 22.1. The van der Waals surface area contributed by atoms with E-state index in [1.165, 1.54) is 27.9 Å². The highest BCUT2D eigenvalue weighted by atomic mass is 19.1. The number of benzene rings is 2. The molecule has 158 valence electrons. The number of nitrogens with one attached hydrogen (secondary N) is 1. The predicted molar refractivity (Wildman–Crippen MR) is 113 cm³/mol. The fraction of sp³-hybridized carbons (Fsp3) is 0.238. The largest absolute Gasteiger partial charge is 0.321 e. The molecule has 2 amide bonds. The number of nitrogens with zero attached hydrogens (tertiary/aromatic N) is 6. The van der Waals surface area contributed by atoms with Crippen LogP contribution in [0.5, 0.6) is 0 Å². The first kappa shape index (κ1) is 20.3. The molecule has 2 heterocycles. The van der Waals surface area contributed by atoms with Crippen LogP contribution in [0.25, 0.3) is 5.69 Å². The summed E-state index contributed by atoms with van der Waals surface area (Å²) in [6.45, 7) is 5.44. The van der Waals surface area contributed by atoms with Crippen molar-refractivity contribution in [1.29, 1.82) is 0 Å². The van der Waals surface area contributed by atoms with Crippen molar-refractivity contribution in [2.24, 2.45) is 5.10 Å². The number of hydrogen-bond acceptors (Lipinski definition) is 6. The second kappa shape index (κ2) is 8.05. The van der Waals surface area contributed by atoms with E-state index in [1.54, 1.807) is 6.92 Å². The minimum absolute atomic E-state index is 0.109. The monoisotopic (exact) mass is 421 g/mol. The van der Waals surface area contributed by atoms with Crippen molar-refractivity contribution in [2.45, 2.75) is 33.6 Å². The molecule has 10 heteroatoms. The lowest BCUT2D eigenvalue weighted by atomic mass is 10.1. The number of hydrogen-bond donors (Lipinski definition) is 1. The number of anilines is 2. The molecule has 0 aliphatic carbocycles. The van der Waals surface area contributed by atoms with E-state index < -0.39 is 11.7 Å². The Balaban J connectivity index is 1.61. The van der Waals surface area contributed by atoms with Crippen LogP contribution in [0.3, 0.4) is 0 Å². The maximum atomic E-state index is 14.3. The topological polar surface area (TPSA) is 105 Å². The summed E-state index contributed by atoms with van der Waals surface area (Å²) in [5.74, 6) is -0.769. The van der Waals surface area contributed by atoms with Crippen LogP contribution in [-0.4, -0.2) is 37.7 Å². The van der Waals surface area contributed by atoms with Gasteiger partial charge in [0.15, 0.2) is 5.82 Å². The average molecular weight is 421 g/mol. The number of carbonyl (C=O) groups excluding carboxylic acids is 2. The SMILES string of the molecule is Cc1ccc(C)c(N2N=C(C(=O)Nc3ccc(F)c(-n4nnnc4C)c3)CCC2=O)c1. The zero-order valence-electron chi connectivity index (χ0n) is 17.3. The summed E-state index contributed by atoms with van der Waals surface area (Å²) < 4.78 is 15.5. The molecule has 0 bridgehead atoms. The Hall–Kier alpha value is -3.95. The van der Waals surface area contributed by atoms with Gasteiger partial charge in [0.1, 0.15) is 17.2 Å². The number of amides is 2. The van der Waals surface area contributed by atoms with Crippen molar-refractivity contribution in [3.8, 4) is 5.69 Å². The van der Waals surface area contributed by atoms with Gasteiger partial charge in [-0.1, -0.05) is 12.1 Å². The van der Waals surface area contributed by atoms with Gasteiger partial charge < -0.3 is 5.32 Å². The minimum atomic E-state index is -0.532. The molecule has 4 rings (SSSR count). The lowest BCUT2D eigenvalue weighted by molar-refractivity contribution is -0.118. The molecule has 0 saturated carbocycles. The molecular weight excluding hydrogens is 401 g/mol. The van der Waals surface area contributed by atoms with Gasteiger partial charge in [-0.3, -0.25) is 9.59 Å². The Morgan fingerprint density at radius 2 is 1.87 bits per heavy atom. The molecule has 0 fully saturated rings. The van der Waals surface area contributed by atoms with Gasteiger partial charge in [0.25, 0.3) is 5.91 Å². The standard InChI is InChI=1S/C21H20FN7O2/c1-12-4-5-13(2)18(10-12)29-20(30)9-8-17(25-29)21(31)23-15-6-7-16(22)19(11-15)28-14(3)24-26-27-28/h4-7,10-11H,8-9H2,1-3H3,(H,23,31). The van der Waals surface area contributed by atoms with Crippen molar-refractivity contribution in [1.82, 2.24) is 20.2 Å². The summed E-state index contributed by atoms with van der Waals surface area (Å²) in [6, 6.07) is 9.81. The van der Waals surface area contributed by atoms with Gasteiger partial charge in [-0.2, -0.15) is 9.78 Å². The van der Waals surface area contributed by atoms with Crippen LogP contribution in [0, 0.1) is 26.6 Å². The van der Waals surface area contributed by atoms with Crippen LogP contribution in [0.2, 0.25) is 0 Å². The zero-order valence-corrected chi connectivity index (χ0v) is 17.3. The van der Waals surface area contributed by atoms with E-state index in [1.807, 2.05) is 32.0 Å². The fourth-order valence-corrected chi connectivity index (χ4v) is 3.26. The van der Waals surface area contributed by atoms with E-state index in [0.29, 0.717) is 17.2 Å². The summed E-state index contributed by atoms with van der Waals surface area (Å²) in [5.41, 5.74) is 3.19. The van der Waals surface area contributed by atoms with Crippen molar-refractivity contribution in [2.75, 3.05) is 10.3 Å². The number of tetrazole rings is 1. The average Bonchev–Trinajstić information content (AvgIpc) is 3.17. The third kappa shape index (κ3) is 4.04. The molecule has 31 heavy (non-hydrogen) atoms. The molecule has 0 spiro atoms. The van der Waals surface area contributed by atoms with Gasteiger partial charge in [-0.25, -0.2) is 9.40 Å². The van der Waals surface area contributed by atoms with Crippen LogP contribution in [0.4, 0.5) is 15.8 Å². The van der Waals surface area contributed by atoms with Crippen molar-refractivity contribution in [3.63, 3.8) is 0 Å². The van der Waals surface area contributed by atoms with E-state index in [2.05, 4.69) is 25.9 Å². The Labute approximate surface area is 177 Å². The van der Waals surface area contributed by atoms with Gasteiger partial charge in [-0.15, -0.1) is 5.10 Å². The Bertz CT molecular complexity index is 1220. The lowest BCUT2D eigenvalue weighted by Gasteiger charge is -2.24. The first-order chi connectivity index (χ1) is 14.8. The third-order valence-electron chi connectivity index (χ3n) is 4.95. The molecule has 2 aromatic carbocycles. The maximum absolute atomic E-state index is 14.3. The first-order valence-electron chi connectivity index (χ1n) is 9.67. The smallest absolute Gasteiger partial charge is 0.271 e. The molecule has 3 aromatic rings. The van der Waals surface area contributed by atoms with Crippen LogP contribution in [0.1, 0.15) is 29.8 Å². The highest BCUT2D eigenvalue weighted by Crippen LogP contribution is 2.26. The molecule has 0 unspecified atom stereocenters. The highest BCUT2D eigenvalue weighted by molar-refractivity contribution is 6.44. The fourth-order valence-electron chi connectivity index (χ4n) is 3.26. The van der Waals surface area contributed by atoms with E-state index in [4.69, 9.17) is 0 Å². The van der Waals surface area contributed by atoms with E-state index >= 15 is 0 Å². The van der Waals surface area contributed by atoms with E-state index in [-0.39, 0.29) is 30.1 Å². The molecule has 0 radical (unpaired) electrons. The van der Waals surface area contributed by atoms with Gasteiger partial charge in [0.2, 0.25) is 5.91 Å². The Morgan fingerprint density at radius 3 is 2.61 bits per heavy atom. The summed E-state index contributed by atoms with van der Waals surface area (Å²) in [7, 11) is 0. The first-order valence-corrected chi connectivity index (χ1v) is 9.67. The summed E-state index contributed by atoms with van der Waals surface area (Å²) in [6.07, 6.45) is 0.379. The van der Waals surface area contributed by atoms with Crippen molar-refractivity contribution >= 4 is 28.9 Å². The van der Waals surface area contributed by atoms with Gasteiger partial charge in [0.05, 0.1) is 5.69 Å². The molecule has 0 atom stereocenters.